The number of rotatable bonds is 26. The molecule has 0 radical (unpaired) electrons. The van der Waals surface area contributed by atoms with Gasteiger partial charge in [0.15, 0.2) is 24.7 Å². The third-order valence-electron chi connectivity index (χ3n) is 12.2. The molecule has 0 spiro atoms. The number of aliphatic hydroxyl groups is 3. The minimum atomic E-state index is -5.37. The molecule has 27 heteroatoms. The lowest BCUT2D eigenvalue weighted by atomic mass is 9.97. The maximum absolute atomic E-state index is 14.6. The van der Waals surface area contributed by atoms with E-state index in [4.69, 9.17) is 29.4 Å². The number of hydrogen-bond acceptors (Lipinski definition) is 20. The van der Waals surface area contributed by atoms with Crippen molar-refractivity contribution in [2.24, 2.45) is 17.6 Å². The van der Waals surface area contributed by atoms with Gasteiger partial charge >= 0.3 is 40.0 Å². The van der Waals surface area contributed by atoms with Gasteiger partial charge in [0.05, 0.1) is 6.42 Å². The number of aliphatic carboxylic acids is 2. The lowest BCUT2D eigenvalue weighted by Gasteiger charge is -2.38. The summed E-state index contributed by atoms with van der Waals surface area (Å²) in [7, 11) is -3.06. The van der Waals surface area contributed by atoms with Crippen molar-refractivity contribution >= 4 is 40.2 Å². The van der Waals surface area contributed by atoms with Gasteiger partial charge in [-0.05, 0) is 31.7 Å². The van der Waals surface area contributed by atoms with Crippen LogP contribution in [0.3, 0.4) is 0 Å². The summed E-state index contributed by atoms with van der Waals surface area (Å²) >= 11 is 0. The number of esters is 2. The number of carboxylic acids is 2. The number of aliphatic hydroxyl groups excluding tert-OH is 3. The van der Waals surface area contributed by atoms with E-state index < -0.39 is 156 Å². The second-order valence-electron chi connectivity index (χ2n) is 18.3. The first-order chi connectivity index (χ1) is 32.3. The third kappa shape index (κ3) is 16.0. The fourth-order valence-corrected chi connectivity index (χ4v) is 9.26. The van der Waals surface area contributed by atoms with E-state index in [1.807, 2.05) is 4.98 Å². The fraction of sp³-hybridized carbons (Fsp3) is 0.786. The van der Waals surface area contributed by atoms with E-state index in [1.165, 1.54) is 7.05 Å². The molecular formula is C42H67N5O21S. The molecule has 4 heterocycles. The van der Waals surface area contributed by atoms with Crippen LogP contribution < -0.4 is 17.0 Å². The first-order valence-corrected chi connectivity index (χ1v) is 24.2. The Morgan fingerprint density at radius 2 is 1.52 bits per heavy atom. The summed E-state index contributed by atoms with van der Waals surface area (Å²) in [5, 5.41) is 53.4. The number of carboxylic acid groups (broad SMARTS) is 2. The highest BCUT2D eigenvalue weighted by atomic mass is 32.3. The van der Waals surface area contributed by atoms with Crippen LogP contribution in [0.2, 0.25) is 0 Å². The molecule has 3 saturated heterocycles. The smallest absolute Gasteiger partial charge is 0.397 e. The number of aromatic amines is 1. The van der Waals surface area contributed by atoms with Crippen LogP contribution in [0.5, 0.6) is 0 Å². The van der Waals surface area contributed by atoms with E-state index in [0.717, 1.165) is 62.7 Å². The Morgan fingerprint density at radius 1 is 0.884 bits per heavy atom. The van der Waals surface area contributed by atoms with Crippen molar-refractivity contribution in [1.29, 1.82) is 0 Å². The molecule has 1 aromatic heterocycles. The van der Waals surface area contributed by atoms with Crippen molar-refractivity contribution in [1.82, 2.24) is 19.4 Å². The highest BCUT2D eigenvalue weighted by Crippen LogP contribution is 2.37. The Labute approximate surface area is 397 Å². The van der Waals surface area contributed by atoms with Gasteiger partial charge in [0.25, 0.3) is 5.56 Å². The van der Waals surface area contributed by atoms with E-state index in [0.29, 0.717) is 21.8 Å². The molecule has 4 rings (SSSR count). The minimum Gasteiger partial charge on any atom is -0.481 e. The van der Waals surface area contributed by atoms with Crippen LogP contribution >= 0.6 is 0 Å². The molecule has 3 aliphatic rings. The number of nitrogens with two attached hydrogens (primary N) is 1. The number of likely N-dealkylation sites (N-methyl/N-ethyl adjacent to an activating group) is 2. The molecule has 9 N–H and O–H groups in total. The second kappa shape index (κ2) is 25.6. The summed E-state index contributed by atoms with van der Waals surface area (Å²) in [5.74, 6) is -5.68. The molecule has 14 atom stereocenters. The van der Waals surface area contributed by atoms with Gasteiger partial charge in [-0.15, -0.1) is 0 Å². The lowest BCUT2D eigenvalue weighted by molar-refractivity contribution is -0.230. The SMILES string of the molecule is CC(C)CCCCCCCCC(CC(=O)OC1CN(C)C(C(O[C@@H]2O[C@H](CN)[C@@H](O)[C@H]2OS(=O)(=O)O)[C@H]2O[C@@H](n3ccc(=O)[nH]c3=O)[C@H](O)[C@@H]2O)C(=O)N(C)C1C(=O)O)OC(=O)CC(C)CC(=O)O. The van der Waals surface area contributed by atoms with Crippen molar-refractivity contribution in [3.8, 4) is 0 Å². The van der Waals surface area contributed by atoms with Gasteiger partial charge in [0.1, 0.15) is 54.9 Å². The van der Waals surface area contributed by atoms with Crippen molar-refractivity contribution in [2.75, 3.05) is 27.2 Å². The van der Waals surface area contributed by atoms with Gasteiger partial charge in [-0.2, -0.15) is 8.42 Å². The Morgan fingerprint density at radius 3 is 2.10 bits per heavy atom. The molecule has 0 aromatic carbocycles. The predicted octanol–water partition coefficient (Wildman–Crippen LogP) is -1.51. The van der Waals surface area contributed by atoms with Crippen LogP contribution in [0.4, 0.5) is 0 Å². The van der Waals surface area contributed by atoms with Crippen LogP contribution in [-0.2, 0) is 62.2 Å². The third-order valence-corrected chi connectivity index (χ3v) is 12.7. The summed E-state index contributed by atoms with van der Waals surface area (Å²) in [6.07, 6.45) is -13.7. The molecule has 26 nitrogen and oxygen atoms in total. The van der Waals surface area contributed by atoms with Gasteiger partial charge < -0.3 is 59.9 Å². The molecule has 0 bridgehead atoms. The average molecular weight is 1010 g/mol. The number of carbonyl (C=O) groups excluding carboxylic acids is 3. The van der Waals surface area contributed by atoms with Crippen LogP contribution in [0, 0.1) is 11.8 Å². The van der Waals surface area contributed by atoms with E-state index in [2.05, 4.69) is 18.0 Å². The quantitative estimate of drug-likeness (QED) is 0.0297. The number of hydrogen-bond donors (Lipinski definition) is 8. The number of nitrogens with zero attached hydrogens (tertiary/aromatic N) is 3. The minimum absolute atomic E-state index is 0.208. The highest BCUT2D eigenvalue weighted by molar-refractivity contribution is 7.80. The molecule has 0 aliphatic carbocycles. The standard InChI is InChI=1S/C42H67N5O21S/c1-21(2)12-10-8-6-7-9-11-13-23(63-28(51)17-22(3)16-27(49)50)18-29(52)64-25-20-45(4)31(38(56)46(5)30(25)40(57)58)35(67-41-37(68-69(60,61)62)32(53)24(19-43)65-41)36-33(54)34(55)39(66-36)47-15-14-26(48)44-42(47)59/h14-15,21-25,30-37,39,41,53-55H,6-13,16-20,43H2,1-5H3,(H,49,50)(H,57,58)(H,44,48,59)(H,60,61,62)/t22?,23?,24-,25?,30?,31?,32-,33+,34-,35?,36+,37-,39-,41+/m1/s1. The molecule has 0 saturated carbocycles. The van der Waals surface area contributed by atoms with Crippen LogP contribution in [0.25, 0.3) is 0 Å². The number of nitrogens with one attached hydrogen (secondary N) is 1. The van der Waals surface area contributed by atoms with Crippen molar-refractivity contribution < 1.29 is 90.3 Å². The second-order valence-corrected chi connectivity index (χ2v) is 19.4. The Kier molecular flexibility index (Phi) is 21.2. The van der Waals surface area contributed by atoms with E-state index in [1.54, 1.807) is 6.92 Å². The summed E-state index contributed by atoms with van der Waals surface area (Å²) < 4.78 is 67.9. The zero-order valence-corrected chi connectivity index (χ0v) is 40.0. The Balaban J connectivity index is 1.66. The zero-order valence-electron chi connectivity index (χ0n) is 39.1. The molecule has 3 aliphatic heterocycles. The molecule has 69 heavy (non-hydrogen) atoms. The van der Waals surface area contributed by atoms with E-state index >= 15 is 0 Å². The van der Waals surface area contributed by atoms with E-state index in [9.17, 15) is 72.1 Å². The van der Waals surface area contributed by atoms with Crippen LogP contribution in [0.1, 0.15) is 97.6 Å². The first kappa shape index (κ1) is 57.2. The molecular weight excluding hydrogens is 943 g/mol. The monoisotopic (exact) mass is 1010 g/mol. The first-order valence-electron chi connectivity index (χ1n) is 22.8. The maximum Gasteiger partial charge on any atom is 0.397 e. The number of carbonyl (C=O) groups is 5. The molecule has 1 amide bonds. The van der Waals surface area contributed by atoms with Gasteiger partial charge in [-0.25, -0.2) is 13.8 Å². The largest absolute Gasteiger partial charge is 0.481 e. The average Bonchev–Trinajstić information content (AvgIpc) is 3.65. The van der Waals surface area contributed by atoms with E-state index in [-0.39, 0.29) is 19.3 Å². The molecule has 1 aromatic rings. The number of aromatic nitrogens is 2. The summed E-state index contributed by atoms with van der Waals surface area (Å²) in [6, 6.07) is -2.88. The predicted molar refractivity (Wildman–Crippen MR) is 235 cm³/mol. The van der Waals surface area contributed by atoms with Crippen molar-refractivity contribution in [2.45, 2.75) is 171 Å². The summed E-state index contributed by atoms with van der Waals surface area (Å²) in [6.45, 7) is 4.77. The van der Waals surface area contributed by atoms with Crippen molar-refractivity contribution in [3.05, 3.63) is 33.1 Å². The van der Waals surface area contributed by atoms with Gasteiger partial charge in [0.2, 0.25) is 5.91 Å². The van der Waals surface area contributed by atoms with Gasteiger partial charge in [-0.1, -0.05) is 59.3 Å². The van der Waals surface area contributed by atoms with Crippen LogP contribution in [0.15, 0.2) is 21.9 Å². The summed E-state index contributed by atoms with van der Waals surface area (Å²) in [5.41, 5.74) is 3.79. The maximum atomic E-state index is 14.6. The Bertz CT molecular complexity index is 2140. The number of unbranched alkanes of at least 4 members (excludes halogenated alkanes) is 5. The lowest BCUT2D eigenvalue weighted by Crippen LogP contribution is -2.60. The molecule has 3 fully saturated rings. The normalized spacial score (nSPS) is 29.1. The number of H-pyrrole nitrogens is 1. The number of amides is 1. The molecule has 6 unspecified atom stereocenters. The Hall–Kier alpha value is -4.42. The molecule has 392 valence electrons. The number of ether oxygens (including phenoxy) is 5. The highest BCUT2D eigenvalue weighted by Gasteiger charge is 2.58. The zero-order chi connectivity index (χ0) is 51.5. The summed E-state index contributed by atoms with van der Waals surface area (Å²) in [4.78, 5) is 94.1. The fourth-order valence-electron chi connectivity index (χ4n) is 8.78. The van der Waals surface area contributed by atoms with Crippen molar-refractivity contribution in [3.63, 3.8) is 0 Å². The van der Waals surface area contributed by atoms with Gasteiger partial charge in [-0.3, -0.25) is 43.0 Å². The van der Waals surface area contributed by atoms with Gasteiger partial charge in [0, 0.05) is 45.2 Å². The van der Waals surface area contributed by atoms with Crippen LogP contribution in [-0.4, -0.2) is 188 Å². The topological polar surface area (TPSA) is 384 Å².